The molecule has 0 spiro atoms. The van der Waals surface area contributed by atoms with Crippen LogP contribution in [0, 0.1) is 13.8 Å². The van der Waals surface area contributed by atoms with E-state index in [2.05, 4.69) is 31.2 Å². The van der Waals surface area contributed by atoms with Crippen molar-refractivity contribution in [3.63, 3.8) is 0 Å². The molecule has 3 aromatic rings. The lowest BCUT2D eigenvalue weighted by molar-refractivity contribution is -0.222. The molecule has 28 heavy (non-hydrogen) atoms. The Morgan fingerprint density at radius 2 is 1.79 bits per heavy atom. The quantitative estimate of drug-likeness (QED) is 0.712. The fourth-order valence-corrected chi connectivity index (χ4v) is 5.07. The zero-order chi connectivity index (χ0) is 19.4. The number of rotatable bonds is 2. The van der Waals surface area contributed by atoms with Gasteiger partial charge >= 0.3 is 0 Å². The van der Waals surface area contributed by atoms with Crippen LogP contribution in [0.15, 0.2) is 54.6 Å². The van der Waals surface area contributed by atoms with Gasteiger partial charge in [0, 0.05) is 12.0 Å². The summed E-state index contributed by atoms with van der Waals surface area (Å²) < 4.78 is 8.33. The van der Waals surface area contributed by atoms with E-state index in [0.29, 0.717) is 12.3 Å². The highest BCUT2D eigenvalue weighted by Crippen LogP contribution is 2.54. The van der Waals surface area contributed by atoms with Crippen molar-refractivity contribution in [2.24, 2.45) is 0 Å². The number of benzene rings is 2. The second-order valence-electron chi connectivity index (χ2n) is 8.34. The van der Waals surface area contributed by atoms with Crippen LogP contribution in [0.3, 0.4) is 0 Å². The number of aromatic nitrogens is 2. The fraction of sp³-hybridized carbons (Fsp3) is 0.375. The van der Waals surface area contributed by atoms with E-state index in [1.165, 1.54) is 11.1 Å². The van der Waals surface area contributed by atoms with Gasteiger partial charge in [0.1, 0.15) is 0 Å². The third kappa shape index (κ3) is 2.44. The molecule has 1 fully saturated rings. The van der Waals surface area contributed by atoms with Crippen LogP contribution in [0.25, 0.3) is 5.69 Å². The van der Waals surface area contributed by atoms with Crippen molar-refractivity contribution in [2.75, 3.05) is 0 Å². The number of para-hydroxylation sites is 1. The van der Waals surface area contributed by atoms with Crippen LogP contribution in [0.2, 0.25) is 0 Å². The van der Waals surface area contributed by atoms with Gasteiger partial charge in [0.25, 0.3) is 0 Å². The molecule has 2 heterocycles. The number of aryl methyl sites for hydroxylation is 2. The van der Waals surface area contributed by atoms with Crippen molar-refractivity contribution in [1.82, 2.24) is 9.78 Å². The van der Waals surface area contributed by atoms with Gasteiger partial charge in [-0.3, -0.25) is 0 Å². The summed E-state index contributed by atoms with van der Waals surface area (Å²) in [6, 6.07) is 18.6. The van der Waals surface area contributed by atoms with Crippen LogP contribution in [0.4, 0.5) is 0 Å². The average Bonchev–Trinajstić information content (AvgIpc) is 3.01. The molecular weight excluding hydrogens is 348 g/mol. The first-order valence-corrected chi connectivity index (χ1v) is 10.1. The molecule has 0 radical (unpaired) electrons. The predicted molar refractivity (Wildman–Crippen MR) is 109 cm³/mol. The molecule has 2 aliphatic rings. The summed E-state index contributed by atoms with van der Waals surface area (Å²) in [5.74, 6) is -0.526. The summed E-state index contributed by atoms with van der Waals surface area (Å²) >= 11 is 0. The van der Waals surface area contributed by atoms with Crippen molar-refractivity contribution in [3.05, 3.63) is 77.0 Å². The molecule has 4 nitrogen and oxygen atoms in total. The van der Waals surface area contributed by atoms with Crippen molar-refractivity contribution >= 4 is 0 Å². The maximum atomic E-state index is 11.8. The smallest absolute Gasteiger partial charge is 0.222 e. The van der Waals surface area contributed by atoms with E-state index in [4.69, 9.17) is 9.84 Å². The Morgan fingerprint density at radius 3 is 2.57 bits per heavy atom. The molecule has 0 amide bonds. The Kier molecular flexibility index (Phi) is 3.88. The van der Waals surface area contributed by atoms with Crippen LogP contribution < -0.4 is 4.74 Å². The van der Waals surface area contributed by atoms with E-state index in [1.807, 2.05) is 41.9 Å². The molecule has 1 aliphatic carbocycles. The molecule has 1 N–H and O–H groups in total. The lowest BCUT2D eigenvalue weighted by Gasteiger charge is -2.52. The third-order valence-corrected chi connectivity index (χ3v) is 6.57. The number of hydrogen-bond acceptors (Lipinski definition) is 3. The van der Waals surface area contributed by atoms with E-state index >= 15 is 0 Å². The normalized spacial score (nSPS) is 26.2. The predicted octanol–water partition coefficient (Wildman–Crippen LogP) is 4.62. The molecular formula is C24H26N2O2. The second-order valence-corrected chi connectivity index (χ2v) is 8.34. The van der Waals surface area contributed by atoms with Crippen molar-refractivity contribution < 1.29 is 9.84 Å². The monoisotopic (exact) mass is 374 g/mol. The zero-order valence-corrected chi connectivity index (χ0v) is 16.5. The van der Waals surface area contributed by atoms with E-state index in [0.717, 1.165) is 42.6 Å². The summed E-state index contributed by atoms with van der Waals surface area (Å²) in [6.07, 6.45) is 4.38. The molecule has 4 heteroatoms. The lowest BCUT2D eigenvalue weighted by atomic mass is 9.61. The van der Waals surface area contributed by atoms with Crippen molar-refractivity contribution in [2.45, 2.75) is 57.2 Å². The molecule has 0 saturated heterocycles. The average molecular weight is 374 g/mol. The van der Waals surface area contributed by atoms with Gasteiger partial charge in [0.15, 0.2) is 0 Å². The maximum absolute atomic E-state index is 11.8. The Bertz CT molecular complexity index is 1030. The van der Waals surface area contributed by atoms with E-state index in [-0.39, 0.29) is 0 Å². The summed E-state index contributed by atoms with van der Waals surface area (Å²) in [4.78, 5) is 0. The number of fused-ring (bicyclic) bond motifs is 2. The number of ether oxygens (including phenoxy) is 1. The maximum Gasteiger partial charge on any atom is 0.222 e. The molecule has 1 aliphatic heterocycles. The largest absolute Gasteiger partial charge is 0.444 e. The zero-order valence-electron chi connectivity index (χ0n) is 16.5. The van der Waals surface area contributed by atoms with Crippen LogP contribution in [-0.2, 0) is 11.8 Å². The van der Waals surface area contributed by atoms with Gasteiger partial charge in [0.05, 0.1) is 16.8 Å². The lowest BCUT2D eigenvalue weighted by Crippen LogP contribution is -2.61. The van der Waals surface area contributed by atoms with Crippen LogP contribution in [0.1, 0.15) is 48.1 Å². The van der Waals surface area contributed by atoms with E-state index in [1.54, 1.807) is 0 Å². The second kappa shape index (κ2) is 6.21. The van der Waals surface area contributed by atoms with E-state index in [9.17, 15) is 5.11 Å². The molecule has 1 saturated carbocycles. The summed E-state index contributed by atoms with van der Waals surface area (Å²) in [7, 11) is 0. The summed E-state index contributed by atoms with van der Waals surface area (Å²) in [5.41, 5.74) is 4.99. The molecule has 1 aromatic heterocycles. The van der Waals surface area contributed by atoms with Gasteiger partial charge in [-0.2, -0.15) is 5.10 Å². The van der Waals surface area contributed by atoms with Gasteiger partial charge in [-0.05, 0) is 50.8 Å². The molecule has 2 aromatic carbocycles. The Balaban J connectivity index is 1.69. The Hall–Kier alpha value is -2.59. The molecule has 0 bridgehead atoms. The van der Waals surface area contributed by atoms with E-state index < -0.39 is 11.2 Å². The van der Waals surface area contributed by atoms with Crippen LogP contribution in [0.5, 0.6) is 5.88 Å². The minimum Gasteiger partial charge on any atom is -0.444 e. The SMILES string of the molecule is Cc1cccc([C@]23CCCC[C@]2(O)Oc2c(c(C)nn2-c2ccccc2)C3)c1. The first-order valence-electron chi connectivity index (χ1n) is 10.1. The Morgan fingerprint density at radius 1 is 1.00 bits per heavy atom. The molecule has 5 rings (SSSR count). The molecule has 144 valence electrons. The summed E-state index contributed by atoms with van der Waals surface area (Å²) in [6.45, 7) is 4.15. The third-order valence-electron chi connectivity index (χ3n) is 6.57. The van der Waals surface area contributed by atoms with Gasteiger partial charge in [-0.1, -0.05) is 54.4 Å². The Labute approximate surface area is 165 Å². The standard InChI is InChI=1S/C24H26N2O2/c1-17-9-8-10-19(15-17)23-13-6-7-14-24(23,27)28-22-21(16-23)18(2)25-26(22)20-11-4-3-5-12-20/h3-5,8-12,15,27H,6-7,13-14,16H2,1-2H3/t23-,24+/m1/s1. The van der Waals surface area contributed by atoms with Crippen molar-refractivity contribution in [1.29, 1.82) is 0 Å². The number of nitrogens with zero attached hydrogens (tertiary/aromatic N) is 2. The minimum atomic E-state index is -1.22. The van der Waals surface area contributed by atoms with Gasteiger partial charge in [-0.15, -0.1) is 0 Å². The van der Waals surface area contributed by atoms with Crippen LogP contribution in [-0.4, -0.2) is 20.7 Å². The number of aliphatic hydroxyl groups is 1. The van der Waals surface area contributed by atoms with Crippen molar-refractivity contribution in [3.8, 4) is 11.6 Å². The molecule has 0 unspecified atom stereocenters. The van der Waals surface area contributed by atoms with Gasteiger partial charge in [0.2, 0.25) is 11.7 Å². The summed E-state index contributed by atoms with van der Waals surface area (Å²) in [5, 5.41) is 16.6. The van der Waals surface area contributed by atoms with Gasteiger partial charge < -0.3 is 9.84 Å². The highest BCUT2D eigenvalue weighted by atomic mass is 16.6. The van der Waals surface area contributed by atoms with Crippen LogP contribution >= 0.6 is 0 Å². The molecule has 2 atom stereocenters. The topological polar surface area (TPSA) is 47.3 Å². The first kappa shape index (κ1) is 17.5. The fourth-order valence-electron chi connectivity index (χ4n) is 5.07. The number of hydrogen-bond donors (Lipinski definition) is 1. The first-order chi connectivity index (χ1) is 13.5. The van der Waals surface area contributed by atoms with Gasteiger partial charge in [-0.25, -0.2) is 4.68 Å². The highest BCUT2D eigenvalue weighted by molar-refractivity contribution is 5.47. The minimum absolute atomic E-state index is 0.431. The highest BCUT2D eigenvalue weighted by Gasteiger charge is 2.59.